The van der Waals surface area contributed by atoms with Crippen LogP contribution in [0, 0.1) is 0 Å². The molecule has 1 aliphatic heterocycles. The SMILES string of the molecule is CCNC(=NCCCOC1CCCCC1)NCCN1CCS(=O)(=O)CC1.I. The minimum Gasteiger partial charge on any atom is -0.378 e. The molecule has 0 amide bonds. The van der Waals surface area contributed by atoms with Crippen LogP contribution < -0.4 is 10.6 Å². The first-order chi connectivity index (χ1) is 12.6. The quantitative estimate of drug-likeness (QED) is 0.210. The summed E-state index contributed by atoms with van der Waals surface area (Å²) in [6, 6.07) is 0. The van der Waals surface area contributed by atoms with Crippen LogP contribution in [0.1, 0.15) is 45.4 Å². The van der Waals surface area contributed by atoms with E-state index in [9.17, 15) is 8.42 Å². The van der Waals surface area contributed by atoms with E-state index in [0.29, 0.717) is 19.2 Å². The average Bonchev–Trinajstić information content (AvgIpc) is 2.63. The van der Waals surface area contributed by atoms with Crippen molar-refractivity contribution in [2.45, 2.75) is 51.6 Å². The van der Waals surface area contributed by atoms with Gasteiger partial charge in [-0.15, -0.1) is 24.0 Å². The predicted molar refractivity (Wildman–Crippen MR) is 122 cm³/mol. The molecule has 0 aromatic rings. The molecule has 0 atom stereocenters. The minimum atomic E-state index is -2.80. The highest BCUT2D eigenvalue weighted by Gasteiger charge is 2.20. The van der Waals surface area contributed by atoms with Gasteiger partial charge in [-0.05, 0) is 26.2 Å². The Labute approximate surface area is 182 Å². The molecule has 0 bridgehead atoms. The summed E-state index contributed by atoms with van der Waals surface area (Å²) in [5.41, 5.74) is 0. The van der Waals surface area contributed by atoms with E-state index in [1.807, 2.05) is 0 Å². The first-order valence-electron chi connectivity index (χ1n) is 10.2. The summed E-state index contributed by atoms with van der Waals surface area (Å²) >= 11 is 0. The lowest BCUT2D eigenvalue weighted by Crippen LogP contribution is -2.46. The summed E-state index contributed by atoms with van der Waals surface area (Å²) in [6.07, 6.45) is 7.80. The second kappa shape index (κ2) is 13.9. The molecule has 0 unspecified atom stereocenters. The number of nitrogens with zero attached hydrogens (tertiary/aromatic N) is 2. The van der Waals surface area contributed by atoms with Crippen LogP contribution >= 0.6 is 24.0 Å². The fourth-order valence-corrected chi connectivity index (χ4v) is 4.66. The average molecular weight is 516 g/mol. The molecule has 7 nitrogen and oxygen atoms in total. The van der Waals surface area contributed by atoms with Gasteiger partial charge in [0, 0.05) is 45.9 Å². The van der Waals surface area contributed by atoms with Crippen molar-refractivity contribution in [3.8, 4) is 0 Å². The van der Waals surface area contributed by atoms with Gasteiger partial charge in [-0.3, -0.25) is 9.89 Å². The van der Waals surface area contributed by atoms with Gasteiger partial charge in [0.2, 0.25) is 0 Å². The molecule has 1 heterocycles. The fourth-order valence-electron chi connectivity index (χ4n) is 3.39. The van der Waals surface area contributed by atoms with E-state index in [0.717, 1.165) is 45.2 Å². The van der Waals surface area contributed by atoms with Crippen LogP contribution in [0.15, 0.2) is 4.99 Å². The van der Waals surface area contributed by atoms with Gasteiger partial charge >= 0.3 is 0 Å². The van der Waals surface area contributed by atoms with Gasteiger partial charge in [0.05, 0.1) is 17.6 Å². The number of hydrogen-bond acceptors (Lipinski definition) is 5. The smallest absolute Gasteiger partial charge is 0.191 e. The molecule has 0 aromatic carbocycles. The summed E-state index contributed by atoms with van der Waals surface area (Å²) in [4.78, 5) is 6.79. The summed E-state index contributed by atoms with van der Waals surface area (Å²) < 4.78 is 28.8. The van der Waals surface area contributed by atoms with Crippen LogP contribution in [-0.2, 0) is 14.6 Å². The third-order valence-corrected chi connectivity index (χ3v) is 6.59. The van der Waals surface area contributed by atoms with E-state index in [1.54, 1.807) is 0 Å². The van der Waals surface area contributed by atoms with Crippen LogP contribution in [0.3, 0.4) is 0 Å². The number of halogens is 1. The molecule has 1 saturated heterocycles. The van der Waals surface area contributed by atoms with E-state index in [-0.39, 0.29) is 35.5 Å². The van der Waals surface area contributed by atoms with Gasteiger partial charge in [-0.25, -0.2) is 8.42 Å². The molecule has 27 heavy (non-hydrogen) atoms. The maximum Gasteiger partial charge on any atom is 0.191 e. The zero-order valence-electron chi connectivity index (χ0n) is 16.6. The van der Waals surface area contributed by atoms with Crippen LogP contribution in [0.2, 0.25) is 0 Å². The Morgan fingerprint density at radius 1 is 1.15 bits per heavy atom. The van der Waals surface area contributed by atoms with Gasteiger partial charge in [-0.2, -0.15) is 0 Å². The highest BCUT2D eigenvalue weighted by molar-refractivity contribution is 14.0. The summed E-state index contributed by atoms with van der Waals surface area (Å²) in [5.74, 6) is 1.39. The van der Waals surface area contributed by atoms with Crippen molar-refractivity contribution in [2.75, 3.05) is 57.4 Å². The van der Waals surface area contributed by atoms with Gasteiger partial charge in [0.1, 0.15) is 0 Å². The predicted octanol–water partition coefficient (Wildman–Crippen LogP) is 1.63. The van der Waals surface area contributed by atoms with E-state index >= 15 is 0 Å². The normalized spacial score (nSPS) is 21.4. The molecule has 1 aliphatic carbocycles. The number of hydrogen-bond donors (Lipinski definition) is 2. The number of ether oxygens (including phenoxy) is 1. The van der Waals surface area contributed by atoms with Gasteiger partial charge in [-0.1, -0.05) is 19.3 Å². The number of aliphatic imine (C=N–C) groups is 1. The summed E-state index contributed by atoms with van der Waals surface area (Å²) in [7, 11) is -2.80. The van der Waals surface area contributed by atoms with Crippen molar-refractivity contribution in [1.29, 1.82) is 0 Å². The second-order valence-electron chi connectivity index (χ2n) is 7.17. The third kappa shape index (κ3) is 10.8. The van der Waals surface area contributed by atoms with Crippen molar-refractivity contribution in [3.63, 3.8) is 0 Å². The molecule has 1 saturated carbocycles. The largest absolute Gasteiger partial charge is 0.378 e. The Morgan fingerprint density at radius 3 is 2.52 bits per heavy atom. The van der Waals surface area contributed by atoms with Crippen LogP contribution in [-0.4, -0.2) is 82.8 Å². The zero-order chi connectivity index (χ0) is 18.7. The summed E-state index contributed by atoms with van der Waals surface area (Å²) in [5, 5.41) is 6.59. The van der Waals surface area contributed by atoms with E-state index in [2.05, 4.69) is 27.4 Å². The van der Waals surface area contributed by atoms with Crippen molar-refractivity contribution in [3.05, 3.63) is 0 Å². The Balaban J connectivity index is 0.00000364. The molecule has 0 aromatic heterocycles. The van der Waals surface area contributed by atoms with Crippen LogP contribution in [0.25, 0.3) is 0 Å². The third-order valence-electron chi connectivity index (χ3n) is 4.98. The molecule has 0 spiro atoms. The van der Waals surface area contributed by atoms with E-state index in [4.69, 9.17) is 4.74 Å². The minimum absolute atomic E-state index is 0. The molecule has 160 valence electrons. The van der Waals surface area contributed by atoms with Gasteiger partial charge in [0.25, 0.3) is 0 Å². The maximum atomic E-state index is 11.5. The number of sulfone groups is 1. The molecular weight excluding hydrogens is 479 g/mol. The topological polar surface area (TPSA) is 83.0 Å². The van der Waals surface area contributed by atoms with Crippen LogP contribution in [0.4, 0.5) is 0 Å². The molecule has 2 N–H and O–H groups in total. The Kier molecular flexibility index (Phi) is 12.9. The lowest BCUT2D eigenvalue weighted by atomic mass is 9.98. The standard InChI is InChI=1S/C18H36N4O3S.HI/c1-2-19-18(20-9-6-14-25-17-7-4-3-5-8-17)21-10-11-22-12-15-26(23,24)16-13-22;/h17H,2-16H2,1H3,(H2,19,20,21);1H. The highest BCUT2D eigenvalue weighted by atomic mass is 127. The lowest BCUT2D eigenvalue weighted by Gasteiger charge is -2.26. The molecule has 9 heteroatoms. The van der Waals surface area contributed by atoms with Gasteiger partial charge in [0.15, 0.2) is 15.8 Å². The first kappa shape index (κ1) is 24.9. The number of guanidine groups is 1. The molecule has 0 radical (unpaired) electrons. The van der Waals surface area contributed by atoms with Crippen molar-refractivity contribution < 1.29 is 13.2 Å². The molecule has 2 rings (SSSR count). The molecular formula is C18H37IN4O3S. The van der Waals surface area contributed by atoms with Crippen molar-refractivity contribution >= 4 is 39.8 Å². The maximum absolute atomic E-state index is 11.5. The Hall–Kier alpha value is -0.130. The number of nitrogens with one attached hydrogen (secondary N) is 2. The van der Waals surface area contributed by atoms with Gasteiger partial charge < -0.3 is 15.4 Å². The van der Waals surface area contributed by atoms with E-state index in [1.165, 1.54) is 32.1 Å². The number of rotatable bonds is 9. The zero-order valence-corrected chi connectivity index (χ0v) is 19.8. The molecule has 2 fully saturated rings. The monoisotopic (exact) mass is 516 g/mol. The Bertz CT molecular complexity index is 511. The highest BCUT2D eigenvalue weighted by Crippen LogP contribution is 2.20. The van der Waals surface area contributed by atoms with E-state index < -0.39 is 9.84 Å². The molecule has 2 aliphatic rings. The lowest BCUT2D eigenvalue weighted by molar-refractivity contribution is 0.0281. The fraction of sp³-hybridized carbons (Fsp3) is 0.944. The second-order valence-corrected chi connectivity index (χ2v) is 9.47. The van der Waals surface area contributed by atoms with Crippen molar-refractivity contribution in [1.82, 2.24) is 15.5 Å². The van der Waals surface area contributed by atoms with Crippen molar-refractivity contribution in [2.24, 2.45) is 4.99 Å². The summed E-state index contributed by atoms with van der Waals surface area (Å²) in [6.45, 7) is 7.30. The Morgan fingerprint density at radius 2 is 1.85 bits per heavy atom. The van der Waals surface area contributed by atoms with Crippen LogP contribution in [0.5, 0.6) is 0 Å². The first-order valence-corrected chi connectivity index (χ1v) is 12.0.